The Labute approximate surface area is 159 Å². The van der Waals surface area contributed by atoms with Gasteiger partial charge < -0.3 is 13.9 Å². The summed E-state index contributed by atoms with van der Waals surface area (Å²) in [7, 11) is 1.71. The molecule has 0 radical (unpaired) electrons. The Morgan fingerprint density at radius 3 is 2.70 bits per heavy atom. The second-order valence-electron chi connectivity index (χ2n) is 8.13. The first-order chi connectivity index (χ1) is 13.1. The van der Waals surface area contributed by atoms with Crippen LogP contribution in [0.25, 0.3) is 0 Å². The molecule has 2 aromatic rings. The van der Waals surface area contributed by atoms with E-state index in [-0.39, 0.29) is 11.8 Å². The van der Waals surface area contributed by atoms with Crippen LogP contribution in [0.1, 0.15) is 62.2 Å². The maximum Gasteiger partial charge on any atom is 0.198 e. The first-order valence-electron chi connectivity index (χ1n) is 9.89. The minimum Gasteiger partial charge on any atom is -0.493 e. The fraction of sp³-hybridized carbons (Fsp3) is 0.500. The maximum atomic E-state index is 6.70. The summed E-state index contributed by atoms with van der Waals surface area (Å²) in [5, 5.41) is 7.27. The first kappa shape index (κ1) is 16.7. The molecule has 0 saturated heterocycles. The minimum atomic E-state index is -0.387. The van der Waals surface area contributed by atoms with Crippen molar-refractivity contribution in [1.29, 1.82) is 0 Å². The standard InChI is InChI=1S/C22H26N2O3/c1-14-9-11-22(12-10-14)24-18(13-17(23-24)19-8-7-15(2)26-19)16-5-4-6-20(25-3)21(16)27-22/h4-8,14,18H,9-13H2,1-3H3. The number of nitrogens with zero attached hydrogens (tertiary/aromatic N) is 2. The number of furan rings is 1. The molecule has 1 atom stereocenters. The van der Waals surface area contributed by atoms with Gasteiger partial charge in [-0.25, -0.2) is 5.01 Å². The summed E-state index contributed by atoms with van der Waals surface area (Å²) < 4.78 is 18.2. The third-order valence-corrected chi connectivity index (χ3v) is 6.29. The van der Waals surface area contributed by atoms with E-state index in [4.69, 9.17) is 19.0 Å². The lowest BCUT2D eigenvalue weighted by Crippen LogP contribution is -2.55. The number of hydrogen-bond acceptors (Lipinski definition) is 5. The number of hydrogen-bond donors (Lipinski definition) is 0. The fourth-order valence-electron chi connectivity index (χ4n) is 4.71. The smallest absolute Gasteiger partial charge is 0.198 e. The molecule has 0 N–H and O–H groups in total. The van der Waals surface area contributed by atoms with Gasteiger partial charge in [0.15, 0.2) is 17.2 Å². The Bertz CT molecular complexity index is 893. The lowest BCUT2D eigenvalue weighted by atomic mass is 9.82. The molecule has 5 heteroatoms. The van der Waals surface area contributed by atoms with Gasteiger partial charge in [-0.05, 0) is 43.9 Å². The second-order valence-corrected chi connectivity index (χ2v) is 8.13. The molecular formula is C22H26N2O3. The monoisotopic (exact) mass is 366 g/mol. The van der Waals surface area contributed by atoms with Gasteiger partial charge in [0, 0.05) is 24.8 Å². The van der Waals surface area contributed by atoms with Crippen molar-refractivity contribution in [3.05, 3.63) is 47.4 Å². The van der Waals surface area contributed by atoms with Crippen molar-refractivity contribution in [3.63, 3.8) is 0 Å². The van der Waals surface area contributed by atoms with Crippen LogP contribution in [0.2, 0.25) is 0 Å². The molecule has 5 rings (SSSR count). The summed E-state index contributed by atoms with van der Waals surface area (Å²) >= 11 is 0. The average Bonchev–Trinajstić information content (AvgIpc) is 3.31. The zero-order chi connectivity index (χ0) is 18.6. The predicted molar refractivity (Wildman–Crippen MR) is 103 cm³/mol. The van der Waals surface area contributed by atoms with Crippen molar-refractivity contribution >= 4 is 5.71 Å². The lowest BCUT2D eigenvalue weighted by Gasteiger charge is -2.50. The van der Waals surface area contributed by atoms with Crippen molar-refractivity contribution in [2.24, 2.45) is 11.0 Å². The number of para-hydroxylation sites is 1. The Morgan fingerprint density at radius 2 is 2.00 bits per heavy atom. The van der Waals surface area contributed by atoms with Crippen LogP contribution in [0.15, 0.2) is 39.9 Å². The van der Waals surface area contributed by atoms with Gasteiger partial charge in [0.2, 0.25) is 0 Å². The number of fused-ring (bicyclic) bond motifs is 4. The van der Waals surface area contributed by atoms with Crippen LogP contribution < -0.4 is 9.47 Å². The molecule has 3 aliphatic rings. The van der Waals surface area contributed by atoms with Gasteiger partial charge >= 0.3 is 0 Å². The van der Waals surface area contributed by atoms with Crippen LogP contribution in [0.4, 0.5) is 0 Å². The van der Waals surface area contributed by atoms with E-state index in [1.165, 1.54) is 0 Å². The molecule has 5 nitrogen and oxygen atoms in total. The first-order valence-corrected chi connectivity index (χ1v) is 9.89. The number of benzene rings is 1. The quantitative estimate of drug-likeness (QED) is 0.746. The predicted octanol–water partition coefficient (Wildman–Crippen LogP) is 5.05. The summed E-state index contributed by atoms with van der Waals surface area (Å²) in [6.45, 7) is 4.30. The van der Waals surface area contributed by atoms with Crippen molar-refractivity contribution in [1.82, 2.24) is 5.01 Å². The van der Waals surface area contributed by atoms with Crippen molar-refractivity contribution in [2.75, 3.05) is 7.11 Å². The molecule has 142 valence electrons. The van der Waals surface area contributed by atoms with Crippen molar-refractivity contribution < 1.29 is 13.9 Å². The van der Waals surface area contributed by atoms with Gasteiger partial charge in [0.1, 0.15) is 17.2 Å². The summed E-state index contributed by atoms with van der Waals surface area (Å²) in [5.41, 5.74) is 1.77. The van der Waals surface area contributed by atoms with E-state index in [9.17, 15) is 0 Å². The van der Waals surface area contributed by atoms with Gasteiger partial charge in [-0.3, -0.25) is 0 Å². The largest absolute Gasteiger partial charge is 0.493 e. The molecule has 0 amide bonds. The number of ether oxygens (including phenoxy) is 2. The zero-order valence-corrected chi connectivity index (χ0v) is 16.2. The van der Waals surface area contributed by atoms with Gasteiger partial charge in [-0.2, -0.15) is 5.10 Å². The van der Waals surface area contributed by atoms with E-state index in [1.807, 2.05) is 31.2 Å². The molecule has 1 aromatic carbocycles. The molecule has 1 unspecified atom stereocenters. The Hall–Kier alpha value is -2.43. The Balaban J connectivity index is 1.61. The van der Waals surface area contributed by atoms with Crippen LogP contribution >= 0.6 is 0 Å². The molecular weight excluding hydrogens is 340 g/mol. The highest BCUT2D eigenvalue weighted by Gasteiger charge is 2.52. The van der Waals surface area contributed by atoms with E-state index in [0.29, 0.717) is 0 Å². The summed E-state index contributed by atoms with van der Waals surface area (Å²) in [6.07, 6.45) is 5.09. The van der Waals surface area contributed by atoms with Crippen LogP contribution in [-0.2, 0) is 0 Å². The number of hydrazone groups is 1. The van der Waals surface area contributed by atoms with Crippen LogP contribution in [0, 0.1) is 12.8 Å². The third kappa shape index (κ3) is 2.55. The summed E-state index contributed by atoms with van der Waals surface area (Å²) in [4.78, 5) is 0. The van der Waals surface area contributed by atoms with Crippen molar-refractivity contribution in [2.45, 2.75) is 57.7 Å². The average molecular weight is 366 g/mol. The Morgan fingerprint density at radius 1 is 1.19 bits per heavy atom. The Kier molecular flexibility index (Phi) is 3.74. The van der Waals surface area contributed by atoms with Crippen LogP contribution in [-0.4, -0.2) is 23.6 Å². The van der Waals surface area contributed by atoms with E-state index in [2.05, 4.69) is 18.0 Å². The molecule has 2 aliphatic heterocycles. The highest BCUT2D eigenvalue weighted by atomic mass is 16.5. The molecule has 1 saturated carbocycles. The van der Waals surface area contributed by atoms with Crippen LogP contribution in [0.5, 0.6) is 11.5 Å². The van der Waals surface area contributed by atoms with E-state index >= 15 is 0 Å². The second kappa shape index (κ2) is 6.04. The third-order valence-electron chi connectivity index (χ3n) is 6.29. The molecule has 1 aromatic heterocycles. The molecule has 27 heavy (non-hydrogen) atoms. The van der Waals surface area contributed by atoms with Gasteiger partial charge in [0.05, 0.1) is 13.2 Å². The van der Waals surface area contributed by atoms with Gasteiger partial charge in [-0.15, -0.1) is 0 Å². The highest BCUT2D eigenvalue weighted by molar-refractivity contribution is 5.99. The number of methoxy groups -OCH3 is 1. The van der Waals surface area contributed by atoms with Gasteiger partial charge in [-0.1, -0.05) is 19.1 Å². The minimum absolute atomic E-state index is 0.165. The molecule has 1 fully saturated rings. The highest BCUT2D eigenvalue weighted by Crippen LogP contribution is 2.54. The van der Waals surface area contributed by atoms with Crippen molar-refractivity contribution in [3.8, 4) is 11.5 Å². The van der Waals surface area contributed by atoms with Gasteiger partial charge in [0.25, 0.3) is 0 Å². The summed E-state index contributed by atoms with van der Waals surface area (Å²) in [6, 6.07) is 10.4. The van der Waals surface area contributed by atoms with E-state index < -0.39 is 0 Å². The van der Waals surface area contributed by atoms with Crippen LogP contribution in [0.3, 0.4) is 0 Å². The molecule has 1 aliphatic carbocycles. The number of aryl methyl sites for hydroxylation is 1. The fourth-order valence-corrected chi connectivity index (χ4v) is 4.71. The topological polar surface area (TPSA) is 47.2 Å². The van der Waals surface area contributed by atoms with E-state index in [0.717, 1.165) is 72.3 Å². The number of rotatable bonds is 2. The zero-order valence-electron chi connectivity index (χ0n) is 16.2. The molecule has 1 spiro atoms. The SMILES string of the molecule is COc1cccc2c1OC1(CCC(C)CC1)N1N=C(c3ccc(C)o3)CC21. The maximum absolute atomic E-state index is 6.70. The molecule has 0 bridgehead atoms. The molecule has 3 heterocycles. The normalized spacial score (nSPS) is 29.1. The summed E-state index contributed by atoms with van der Waals surface area (Å²) in [5.74, 6) is 4.22. The lowest BCUT2D eigenvalue weighted by molar-refractivity contribution is -0.146. The van der Waals surface area contributed by atoms with E-state index in [1.54, 1.807) is 7.11 Å².